The number of amides is 1. The minimum absolute atomic E-state index is 0. The van der Waals surface area contributed by atoms with Gasteiger partial charge in [-0.15, -0.1) is 0 Å². The smallest absolute Gasteiger partial charge is 0.252 e. The Bertz CT molecular complexity index is 456. The summed E-state index contributed by atoms with van der Waals surface area (Å²) in [6.45, 7) is 0.686. The van der Waals surface area contributed by atoms with Crippen LogP contribution in [0.15, 0.2) is 22.7 Å². The monoisotopic (exact) mass is 384 g/mol. The Morgan fingerprint density at radius 3 is 2.27 bits per heavy atom. The standard InChI is InChI=1S/C16H20BrClNO.2CH2/c17-13-8-9-14(15(18)10-13)16(20)19-11-12-6-4-2-1-3-5-7-12;;/h8-10H,1-7,11H2,(H,19,20);2*1H2. The van der Waals surface area contributed by atoms with Gasteiger partial charge in [-0.1, -0.05) is 74.5 Å². The van der Waals surface area contributed by atoms with Crippen molar-refractivity contribution >= 4 is 33.4 Å². The van der Waals surface area contributed by atoms with Crippen LogP contribution >= 0.6 is 27.5 Å². The van der Waals surface area contributed by atoms with Gasteiger partial charge in [-0.3, -0.25) is 4.79 Å². The maximum absolute atomic E-state index is 12.1. The number of carbonyl (C=O) groups excluding carboxylic acids is 1. The highest BCUT2D eigenvalue weighted by atomic mass is 79.9. The molecule has 0 heterocycles. The molecule has 1 aliphatic carbocycles. The van der Waals surface area contributed by atoms with Crippen LogP contribution in [-0.4, -0.2) is 12.5 Å². The molecule has 0 bridgehead atoms. The summed E-state index contributed by atoms with van der Waals surface area (Å²) in [5.74, 6) is 1.38. The van der Waals surface area contributed by atoms with Crippen molar-refractivity contribution in [3.63, 3.8) is 0 Å². The van der Waals surface area contributed by atoms with Gasteiger partial charge < -0.3 is 5.32 Å². The van der Waals surface area contributed by atoms with Crippen LogP contribution in [-0.2, 0) is 0 Å². The summed E-state index contributed by atoms with van der Waals surface area (Å²) in [5.41, 5.74) is 0.543. The number of nitrogens with one attached hydrogen (secondary N) is 1. The number of halogens is 2. The van der Waals surface area contributed by atoms with Gasteiger partial charge in [0.15, 0.2) is 0 Å². The van der Waals surface area contributed by atoms with Crippen molar-refractivity contribution in [1.82, 2.24) is 5.32 Å². The molecule has 2 nitrogen and oxygen atoms in total. The second kappa shape index (κ2) is 11.1. The molecule has 5 radical (unpaired) electrons. The van der Waals surface area contributed by atoms with Crippen molar-refractivity contribution in [3.8, 4) is 0 Å². The number of rotatable bonds is 3. The fourth-order valence-corrected chi connectivity index (χ4v) is 3.32. The Kier molecular flexibility index (Phi) is 10.8. The highest BCUT2D eigenvalue weighted by molar-refractivity contribution is 9.10. The van der Waals surface area contributed by atoms with Gasteiger partial charge in [0.05, 0.1) is 10.6 Å². The largest absolute Gasteiger partial charge is 0.351 e. The molecule has 1 aromatic carbocycles. The van der Waals surface area contributed by atoms with Gasteiger partial charge in [-0.2, -0.15) is 0 Å². The molecule has 121 valence electrons. The zero-order valence-electron chi connectivity index (χ0n) is 13.0. The van der Waals surface area contributed by atoms with Crippen molar-refractivity contribution in [3.05, 3.63) is 54.0 Å². The number of hydrogen-bond donors (Lipinski definition) is 1. The highest BCUT2D eigenvalue weighted by Crippen LogP contribution is 2.24. The molecule has 1 N–H and O–H groups in total. The molecule has 0 spiro atoms. The first-order chi connectivity index (χ1) is 9.66. The lowest BCUT2D eigenvalue weighted by molar-refractivity contribution is 0.0954. The van der Waals surface area contributed by atoms with Crippen LogP contribution in [0, 0.1) is 20.8 Å². The molecule has 0 aromatic heterocycles. The lowest BCUT2D eigenvalue weighted by Gasteiger charge is -2.19. The maximum atomic E-state index is 12.1. The molecule has 1 saturated carbocycles. The summed E-state index contributed by atoms with van der Waals surface area (Å²) in [7, 11) is 0. The number of hydrogen-bond acceptors (Lipinski definition) is 1. The predicted octanol–water partition coefficient (Wildman–Crippen LogP) is 5.81. The van der Waals surface area contributed by atoms with Crippen LogP contribution in [0.3, 0.4) is 0 Å². The maximum Gasteiger partial charge on any atom is 0.252 e. The normalized spacial score (nSPS) is 15.7. The Morgan fingerprint density at radius 1 is 1.09 bits per heavy atom. The third-order valence-corrected chi connectivity index (χ3v) is 4.54. The summed E-state index contributed by atoms with van der Waals surface area (Å²) in [6, 6.07) is 5.34. The third kappa shape index (κ3) is 6.70. The Labute approximate surface area is 149 Å². The number of benzene rings is 1. The summed E-state index contributed by atoms with van der Waals surface area (Å²) >= 11 is 9.44. The Morgan fingerprint density at radius 2 is 1.68 bits per heavy atom. The molecule has 0 aliphatic heterocycles. The quantitative estimate of drug-likeness (QED) is 0.699. The van der Waals surface area contributed by atoms with Crippen molar-refractivity contribution < 1.29 is 4.79 Å². The van der Waals surface area contributed by atoms with Gasteiger partial charge in [0.2, 0.25) is 0 Å². The molecular formula is C18H24BrClNO. The zero-order valence-corrected chi connectivity index (χ0v) is 15.3. The van der Waals surface area contributed by atoms with Crippen LogP contribution in [0.25, 0.3) is 0 Å². The van der Waals surface area contributed by atoms with Crippen LogP contribution in [0.5, 0.6) is 0 Å². The average Bonchev–Trinajstić information content (AvgIpc) is 2.37. The van der Waals surface area contributed by atoms with Gasteiger partial charge in [0.25, 0.3) is 5.91 Å². The van der Waals surface area contributed by atoms with E-state index < -0.39 is 0 Å². The molecular weight excluding hydrogens is 362 g/mol. The summed E-state index contributed by atoms with van der Waals surface area (Å²) < 4.78 is 0.883. The minimum Gasteiger partial charge on any atom is -0.351 e. The Balaban J connectivity index is 0.00000220. The van der Waals surface area contributed by atoms with E-state index in [1.807, 2.05) is 6.07 Å². The van der Waals surface area contributed by atoms with Crippen LogP contribution < -0.4 is 5.32 Å². The molecule has 0 saturated heterocycles. The molecule has 0 unspecified atom stereocenters. The van der Waals surface area contributed by atoms with Gasteiger partial charge in [0.1, 0.15) is 0 Å². The van der Waals surface area contributed by atoms with Gasteiger partial charge >= 0.3 is 0 Å². The topological polar surface area (TPSA) is 29.1 Å². The van der Waals surface area contributed by atoms with Crippen molar-refractivity contribution in [1.29, 1.82) is 0 Å². The molecule has 22 heavy (non-hydrogen) atoms. The SMILES string of the molecule is O=C(NC[C]1CCCCCCC1)c1ccc(Br)cc1Cl.[CH2].[CH2]. The second-order valence-corrected chi connectivity index (χ2v) is 6.65. The first-order valence-electron chi connectivity index (χ1n) is 7.23. The van der Waals surface area contributed by atoms with E-state index in [-0.39, 0.29) is 20.8 Å². The summed E-state index contributed by atoms with van der Waals surface area (Å²) in [4.78, 5) is 12.1. The molecule has 4 heteroatoms. The molecule has 2 rings (SSSR count). The van der Waals surface area contributed by atoms with E-state index in [0.29, 0.717) is 17.1 Å². The molecule has 1 amide bonds. The molecule has 1 aromatic rings. The van der Waals surface area contributed by atoms with E-state index in [2.05, 4.69) is 21.2 Å². The minimum atomic E-state index is -0.0861. The highest BCUT2D eigenvalue weighted by Gasteiger charge is 2.15. The number of carbonyl (C=O) groups is 1. The molecule has 0 atom stereocenters. The fraction of sp³-hybridized carbons (Fsp3) is 0.444. The van der Waals surface area contributed by atoms with E-state index in [1.165, 1.54) is 38.0 Å². The first-order valence-corrected chi connectivity index (χ1v) is 8.41. The fourth-order valence-electron chi connectivity index (χ4n) is 2.56. The Hall–Kier alpha value is -0.540. The van der Waals surface area contributed by atoms with Crippen molar-refractivity contribution in [2.24, 2.45) is 0 Å². The van der Waals surface area contributed by atoms with Crippen molar-refractivity contribution in [2.75, 3.05) is 6.54 Å². The van der Waals surface area contributed by atoms with Crippen molar-refractivity contribution in [2.45, 2.75) is 44.9 Å². The van der Waals surface area contributed by atoms with Crippen LogP contribution in [0.2, 0.25) is 5.02 Å². The van der Waals surface area contributed by atoms with E-state index in [0.717, 1.165) is 17.3 Å². The van der Waals surface area contributed by atoms with E-state index >= 15 is 0 Å². The first kappa shape index (κ1) is 21.5. The molecule has 1 aliphatic rings. The summed E-state index contributed by atoms with van der Waals surface area (Å²) in [6.07, 6.45) is 8.79. The zero-order chi connectivity index (χ0) is 14.4. The average molecular weight is 386 g/mol. The van der Waals surface area contributed by atoms with E-state index in [9.17, 15) is 4.79 Å². The van der Waals surface area contributed by atoms with Gasteiger partial charge in [0, 0.05) is 11.0 Å². The summed E-state index contributed by atoms with van der Waals surface area (Å²) in [5, 5.41) is 3.49. The van der Waals surface area contributed by atoms with Crippen LogP contribution in [0.4, 0.5) is 0 Å². The van der Waals surface area contributed by atoms with Gasteiger partial charge in [-0.25, -0.2) is 0 Å². The molecule has 1 fully saturated rings. The predicted molar refractivity (Wildman–Crippen MR) is 97.8 cm³/mol. The second-order valence-electron chi connectivity index (χ2n) is 5.32. The lowest BCUT2D eigenvalue weighted by Crippen LogP contribution is -2.29. The van der Waals surface area contributed by atoms with Crippen LogP contribution in [0.1, 0.15) is 55.3 Å². The third-order valence-electron chi connectivity index (χ3n) is 3.74. The van der Waals surface area contributed by atoms with Gasteiger partial charge in [-0.05, 0) is 37.0 Å². The van der Waals surface area contributed by atoms with E-state index in [1.54, 1.807) is 12.1 Å². The van der Waals surface area contributed by atoms with E-state index in [4.69, 9.17) is 11.6 Å². The lowest BCUT2D eigenvalue weighted by atomic mass is 9.91.